The number of rotatable bonds is 1. The molecule has 2 aromatic rings. The monoisotopic (exact) mass is 263 g/mol. The summed E-state index contributed by atoms with van der Waals surface area (Å²) < 4.78 is 0. The summed E-state index contributed by atoms with van der Waals surface area (Å²) in [7, 11) is 0. The summed E-state index contributed by atoms with van der Waals surface area (Å²) in [6.07, 6.45) is 4.49. The summed E-state index contributed by atoms with van der Waals surface area (Å²) in [4.78, 5) is 13.9. The maximum Gasteiger partial charge on any atom is 0.261 e. The van der Waals surface area contributed by atoms with Crippen LogP contribution in [-0.4, -0.2) is 11.0 Å². The highest BCUT2D eigenvalue weighted by atomic mass is 16.3. The molecule has 0 saturated heterocycles. The van der Waals surface area contributed by atoms with E-state index in [1.165, 1.54) is 4.90 Å². The number of nitrogens with zero attached hydrogens (tertiary/aromatic N) is 1. The summed E-state index contributed by atoms with van der Waals surface area (Å²) in [6, 6.07) is 12.5. The Bertz CT molecular complexity index is 743. The molecular formula is C17H13NO2. The number of carbonyl (C=O) groups is 1. The molecule has 2 aromatic carbocycles. The molecule has 3 heteroatoms. The van der Waals surface area contributed by atoms with E-state index in [-0.39, 0.29) is 5.91 Å². The lowest BCUT2D eigenvalue weighted by molar-refractivity contribution is 0.0935. The number of aliphatic hydroxyl groups excluding tert-OH is 1. The zero-order valence-electron chi connectivity index (χ0n) is 11.0. The molecule has 3 nitrogen and oxygen atoms in total. The van der Waals surface area contributed by atoms with Crippen LogP contribution in [0.2, 0.25) is 0 Å². The molecule has 3 rings (SSSR count). The summed E-state index contributed by atoms with van der Waals surface area (Å²) in [5.74, 6) is 2.39. The molecule has 0 aromatic heterocycles. The zero-order valence-corrected chi connectivity index (χ0v) is 11.0. The Morgan fingerprint density at radius 3 is 2.65 bits per heavy atom. The van der Waals surface area contributed by atoms with Crippen molar-refractivity contribution in [3.05, 3.63) is 64.7 Å². The minimum Gasteiger partial charge on any atom is -0.369 e. The summed E-state index contributed by atoms with van der Waals surface area (Å²) in [5, 5.41) is 10.4. The largest absolute Gasteiger partial charge is 0.369 e. The molecule has 1 amide bonds. The van der Waals surface area contributed by atoms with E-state index in [0.29, 0.717) is 16.8 Å². The van der Waals surface area contributed by atoms with Gasteiger partial charge in [-0.1, -0.05) is 30.2 Å². The van der Waals surface area contributed by atoms with Crippen molar-refractivity contribution in [1.82, 2.24) is 0 Å². The maximum absolute atomic E-state index is 12.5. The molecule has 1 atom stereocenters. The lowest BCUT2D eigenvalue weighted by atomic mass is 10.1. The van der Waals surface area contributed by atoms with Gasteiger partial charge in [-0.05, 0) is 30.7 Å². The Kier molecular flexibility index (Phi) is 2.81. The van der Waals surface area contributed by atoms with Gasteiger partial charge in [0.15, 0.2) is 6.23 Å². The van der Waals surface area contributed by atoms with Crippen LogP contribution >= 0.6 is 0 Å². The predicted molar refractivity (Wildman–Crippen MR) is 77.3 cm³/mol. The molecule has 0 aliphatic carbocycles. The lowest BCUT2D eigenvalue weighted by Gasteiger charge is -2.23. The van der Waals surface area contributed by atoms with Crippen LogP contribution < -0.4 is 4.90 Å². The highest BCUT2D eigenvalue weighted by Gasteiger charge is 2.36. The fourth-order valence-corrected chi connectivity index (χ4v) is 2.58. The van der Waals surface area contributed by atoms with E-state index < -0.39 is 6.23 Å². The van der Waals surface area contributed by atoms with E-state index in [0.717, 1.165) is 11.1 Å². The molecule has 1 heterocycles. The molecule has 20 heavy (non-hydrogen) atoms. The second kappa shape index (κ2) is 4.52. The smallest absolute Gasteiger partial charge is 0.261 e. The van der Waals surface area contributed by atoms with Crippen LogP contribution in [-0.2, 0) is 0 Å². The first-order valence-corrected chi connectivity index (χ1v) is 6.32. The van der Waals surface area contributed by atoms with Crippen molar-refractivity contribution in [3.8, 4) is 12.3 Å². The van der Waals surface area contributed by atoms with Crippen molar-refractivity contribution in [1.29, 1.82) is 0 Å². The second-order valence-corrected chi connectivity index (χ2v) is 4.73. The standard InChI is InChI=1S/C17H13NO2/c1-3-12-7-6-10-15(11(12)2)18-16(19)13-8-4-5-9-14(13)17(18)20/h1,4-10,16,19H,2H3. The maximum atomic E-state index is 12.5. The number of fused-ring (bicyclic) bond motifs is 1. The quantitative estimate of drug-likeness (QED) is 0.803. The molecule has 1 aliphatic heterocycles. The average molecular weight is 263 g/mol. The van der Waals surface area contributed by atoms with Crippen LogP contribution in [0, 0.1) is 19.3 Å². The minimum atomic E-state index is -0.967. The van der Waals surface area contributed by atoms with Gasteiger partial charge in [-0.3, -0.25) is 9.69 Å². The molecule has 0 fully saturated rings. The third-order valence-corrected chi connectivity index (χ3v) is 3.65. The van der Waals surface area contributed by atoms with E-state index in [1.54, 1.807) is 30.3 Å². The Morgan fingerprint density at radius 1 is 1.20 bits per heavy atom. The first-order valence-electron chi connectivity index (χ1n) is 6.32. The molecule has 0 spiro atoms. The third-order valence-electron chi connectivity index (χ3n) is 3.65. The molecule has 0 radical (unpaired) electrons. The van der Waals surface area contributed by atoms with Crippen LogP contribution in [0.15, 0.2) is 42.5 Å². The van der Waals surface area contributed by atoms with Crippen molar-refractivity contribution in [2.24, 2.45) is 0 Å². The number of benzene rings is 2. The van der Waals surface area contributed by atoms with Gasteiger partial charge in [-0.25, -0.2) is 0 Å². The first-order chi connectivity index (χ1) is 9.65. The lowest BCUT2D eigenvalue weighted by Crippen LogP contribution is -2.28. The van der Waals surface area contributed by atoms with Crippen LogP contribution in [0.25, 0.3) is 0 Å². The minimum absolute atomic E-state index is 0.203. The van der Waals surface area contributed by atoms with Gasteiger partial charge in [0.2, 0.25) is 0 Å². The van der Waals surface area contributed by atoms with Crippen molar-refractivity contribution in [3.63, 3.8) is 0 Å². The van der Waals surface area contributed by atoms with Gasteiger partial charge in [0, 0.05) is 16.7 Å². The van der Waals surface area contributed by atoms with Gasteiger partial charge >= 0.3 is 0 Å². The zero-order chi connectivity index (χ0) is 14.3. The number of hydrogen-bond acceptors (Lipinski definition) is 2. The molecule has 0 bridgehead atoms. The van der Waals surface area contributed by atoms with E-state index >= 15 is 0 Å². The summed E-state index contributed by atoms with van der Waals surface area (Å²) in [6.45, 7) is 1.85. The number of carbonyl (C=O) groups excluding carboxylic acids is 1. The van der Waals surface area contributed by atoms with Crippen LogP contribution in [0.1, 0.15) is 33.3 Å². The van der Waals surface area contributed by atoms with Crippen molar-refractivity contribution in [2.45, 2.75) is 13.2 Å². The molecular weight excluding hydrogens is 250 g/mol. The van der Waals surface area contributed by atoms with Crippen molar-refractivity contribution < 1.29 is 9.90 Å². The summed E-state index contributed by atoms with van der Waals surface area (Å²) in [5.41, 5.74) is 3.34. The van der Waals surface area contributed by atoms with Gasteiger partial charge in [0.25, 0.3) is 5.91 Å². The van der Waals surface area contributed by atoms with Crippen LogP contribution in [0.4, 0.5) is 5.69 Å². The van der Waals surface area contributed by atoms with Gasteiger partial charge < -0.3 is 5.11 Å². The van der Waals surface area contributed by atoms with Gasteiger partial charge in [-0.15, -0.1) is 6.42 Å². The summed E-state index contributed by atoms with van der Waals surface area (Å²) >= 11 is 0. The highest BCUT2D eigenvalue weighted by Crippen LogP contribution is 2.37. The second-order valence-electron chi connectivity index (χ2n) is 4.73. The molecule has 1 unspecified atom stereocenters. The number of amides is 1. The van der Waals surface area contributed by atoms with E-state index in [4.69, 9.17) is 6.42 Å². The SMILES string of the molecule is C#Cc1cccc(N2C(=O)c3ccccc3C2O)c1C. The Labute approximate surface area is 117 Å². The normalized spacial score (nSPS) is 16.9. The van der Waals surface area contributed by atoms with Crippen LogP contribution in [0.5, 0.6) is 0 Å². The third kappa shape index (κ3) is 1.63. The average Bonchev–Trinajstić information content (AvgIpc) is 2.72. The number of terminal acetylenes is 1. The van der Waals surface area contributed by atoms with Gasteiger partial charge in [-0.2, -0.15) is 0 Å². The van der Waals surface area contributed by atoms with Gasteiger partial charge in [0.1, 0.15) is 0 Å². The molecule has 98 valence electrons. The van der Waals surface area contributed by atoms with E-state index in [1.807, 2.05) is 19.1 Å². The molecule has 1 N–H and O–H groups in total. The highest BCUT2D eigenvalue weighted by molar-refractivity contribution is 6.11. The topological polar surface area (TPSA) is 40.5 Å². The van der Waals surface area contributed by atoms with Crippen molar-refractivity contribution >= 4 is 11.6 Å². The van der Waals surface area contributed by atoms with E-state index in [2.05, 4.69) is 5.92 Å². The van der Waals surface area contributed by atoms with E-state index in [9.17, 15) is 9.90 Å². The first kappa shape index (κ1) is 12.5. The van der Waals surface area contributed by atoms with Gasteiger partial charge in [0.05, 0.1) is 5.69 Å². The number of anilines is 1. The Morgan fingerprint density at radius 2 is 1.95 bits per heavy atom. The Balaban J connectivity index is 2.15. The Hall–Kier alpha value is -2.57. The van der Waals surface area contributed by atoms with Crippen LogP contribution in [0.3, 0.4) is 0 Å². The van der Waals surface area contributed by atoms with Crippen molar-refractivity contribution in [2.75, 3.05) is 4.90 Å². The fourth-order valence-electron chi connectivity index (χ4n) is 2.58. The number of aliphatic hydroxyl groups is 1. The predicted octanol–water partition coefficient (Wildman–Crippen LogP) is 2.63. The molecule has 0 saturated carbocycles. The fraction of sp³-hybridized carbons (Fsp3) is 0.118. The molecule has 1 aliphatic rings. The number of hydrogen-bond donors (Lipinski definition) is 1.